The van der Waals surface area contributed by atoms with Crippen LogP contribution in [-0.4, -0.2) is 22.8 Å². The summed E-state index contributed by atoms with van der Waals surface area (Å²) in [7, 11) is -3.67. The Kier molecular flexibility index (Phi) is 4.09. The Morgan fingerprint density at radius 3 is 2.57 bits per heavy atom. The molecule has 2 heterocycles. The number of aryl methyl sites for hydroxylation is 1. The summed E-state index contributed by atoms with van der Waals surface area (Å²) < 4.78 is 25.3. The lowest BCUT2D eigenvalue weighted by Crippen LogP contribution is -2.12. The number of imidazole rings is 1. The molecular formula is C14H14BrN5O2S. The zero-order valence-electron chi connectivity index (χ0n) is 12.2. The lowest BCUT2D eigenvalue weighted by molar-refractivity contribution is 0.598. The van der Waals surface area contributed by atoms with E-state index >= 15 is 0 Å². The highest BCUT2D eigenvalue weighted by Crippen LogP contribution is 2.21. The van der Waals surface area contributed by atoms with Gasteiger partial charge in [-0.2, -0.15) is 0 Å². The van der Waals surface area contributed by atoms with Gasteiger partial charge in [0.15, 0.2) is 11.5 Å². The smallest absolute Gasteiger partial charge is 0.238 e. The maximum Gasteiger partial charge on any atom is 0.238 e. The SMILES string of the molecule is Cc1cnc(NCc2ccc(S(N)(=O)=O)cc2)c2ncc(Br)n12. The lowest BCUT2D eigenvalue weighted by atomic mass is 10.2. The quantitative estimate of drug-likeness (QED) is 0.703. The van der Waals surface area contributed by atoms with Gasteiger partial charge < -0.3 is 5.32 Å². The number of nitrogens with two attached hydrogens (primary N) is 1. The number of fused-ring (bicyclic) bond motifs is 1. The molecule has 0 unspecified atom stereocenters. The summed E-state index contributed by atoms with van der Waals surface area (Å²) in [6.07, 6.45) is 3.47. The second-order valence-corrected chi connectivity index (χ2v) is 7.40. The minimum Gasteiger partial charge on any atom is -0.363 e. The molecule has 3 N–H and O–H groups in total. The highest BCUT2D eigenvalue weighted by Gasteiger charge is 2.10. The van der Waals surface area contributed by atoms with Crippen LogP contribution in [0.2, 0.25) is 0 Å². The number of nitrogens with zero attached hydrogens (tertiary/aromatic N) is 3. The highest BCUT2D eigenvalue weighted by molar-refractivity contribution is 9.10. The number of rotatable bonds is 4. The van der Waals surface area contributed by atoms with E-state index in [-0.39, 0.29) is 4.90 Å². The average molecular weight is 396 g/mol. The van der Waals surface area contributed by atoms with Crippen molar-refractivity contribution in [3.63, 3.8) is 0 Å². The van der Waals surface area contributed by atoms with Crippen molar-refractivity contribution in [1.82, 2.24) is 14.4 Å². The van der Waals surface area contributed by atoms with Gasteiger partial charge in [-0.05, 0) is 40.5 Å². The van der Waals surface area contributed by atoms with Crippen LogP contribution >= 0.6 is 15.9 Å². The number of anilines is 1. The molecule has 1 aromatic carbocycles. The zero-order chi connectivity index (χ0) is 16.6. The van der Waals surface area contributed by atoms with E-state index in [0.717, 1.165) is 21.5 Å². The van der Waals surface area contributed by atoms with Gasteiger partial charge in [0.05, 0.1) is 11.1 Å². The fraction of sp³-hybridized carbons (Fsp3) is 0.143. The van der Waals surface area contributed by atoms with Crippen molar-refractivity contribution >= 4 is 37.4 Å². The second-order valence-electron chi connectivity index (χ2n) is 5.03. The minimum atomic E-state index is -3.67. The number of primary sulfonamides is 1. The fourth-order valence-electron chi connectivity index (χ4n) is 2.21. The van der Waals surface area contributed by atoms with Gasteiger partial charge in [-0.3, -0.25) is 4.40 Å². The Bertz CT molecular complexity index is 967. The molecule has 0 aliphatic carbocycles. The van der Waals surface area contributed by atoms with Gasteiger partial charge in [0, 0.05) is 18.4 Å². The molecule has 0 bridgehead atoms. The number of halogens is 1. The number of hydrogen-bond donors (Lipinski definition) is 2. The third-order valence-corrected chi connectivity index (χ3v) is 4.86. The second kappa shape index (κ2) is 5.91. The lowest BCUT2D eigenvalue weighted by Gasteiger charge is -2.09. The first-order valence-corrected chi connectivity index (χ1v) is 9.04. The molecule has 3 aromatic rings. The third-order valence-electron chi connectivity index (χ3n) is 3.38. The van der Waals surface area contributed by atoms with Crippen molar-refractivity contribution in [3.05, 3.63) is 52.5 Å². The van der Waals surface area contributed by atoms with Gasteiger partial charge in [-0.1, -0.05) is 12.1 Å². The monoisotopic (exact) mass is 395 g/mol. The van der Waals surface area contributed by atoms with E-state index in [9.17, 15) is 8.42 Å². The van der Waals surface area contributed by atoms with E-state index in [1.54, 1.807) is 24.5 Å². The molecule has 0 aliphatic rings. The largest absolute Gasteiger partial charge is 0.363 e. The van der Waals surface area contributed by atoms with E-state index < -0.39 is 10.0 Å². The molecular weight excluding hydrogens is 382 g/mol. The van der Waals surface area contributed by atoms with E-state index in [1.165, 1.54) is 12.1 Å². The van der Waals surface area contributed by atoms with Crippen LogP contribution in [0.1, 0.15) is 11.3 Å². The molecule has 0 amide bonds. The van der Waals surface area contributed by atoms with Crippen molar-refractivity contribution in [1.29, 1.82) is 0 Å². The van der Waals surface area contributed by atoms with Gasteiger partial charge in [-0.15, -0.1) is 0 Å². The predicted octanol–water partition coefficient (Wildman–Crippen LogP) is 2.06. The Morgan fingerprint density at radius 1 is 1.22 bits per heavy atom. The van der Waals surface area contributed by atoms with Crippen LogP contribution < -0.4 is 10.5 Å². The summed E-state index contributed by atoms with van der Waals surface area (Å²) in [6.45, 7) is 2.43. The molecule has 0 saturated heterocycles. The summed E-state index contributed by atoms with van der Waals surface area (Å²) >= 11 is 3.45. The van der Waals surface area contributed by atoms with E-state index in [2.05, 4.69) is 31.2 Å². The third kappa shape index (κ3) is 3.21. The number of nitrogens with one attached hydrogen (secondary N) is 1. The van der Waals surface area contributed by atoms with Crippen molar-refractivity contribution in [2.24, 2.45) is 5.14 Å². The van der Waals surface area contributed by atoms with E-state index in [0.29, 0.717) is 12.4 Å². The number of aromatic nitrogens is 3. The number of benzene rings is 1. The normalized spacial score (nSPS) is 11.8. The molecule has 120 valence electrons. The molecule has 2 aromatic heterocycles. The topological polar surface area (TPSA) is 102 Å². The van der Waals surface area contributed by atoms with Crippen molar-refractivity contribution in [2.45, 2.75) is 18.4 Å². The van der Waals surface area contributed by atoms with Crippen LogP contribution in [0.25, 0.3) is 5.65 Å². The highest BCUT2D eigenvalue weighted by atomic mass is 79.9. The van der Waals surface area contributed by atoms with Crippen LogP contribution in [0.5, 0.6) is 0 Å². The zero-order valence-corrected chi connectivity index (χ0v) is 14.6. The Morgan fingerprint density at radius 2 is 1.91 bits per heavy atom. The molecule has 0 radical (unpaired) electrons. The molecule has 0 spiro atoms. The predicted molar refractivity (Wildman–Crippen MR) is 90.6 cm³/mol. The average Bonchev–Trinajstić information content (AvgIpc) is 2.89. The maximum atomic E-state index is 11.2. The molecule has 0 fully saturated rings. The Labute approximate surface area is 141 Å². The van der Waals surface area contributed by atoms with Gasteiger partial charge in [0.2, 0.25) is 10.0 Å². The van der Waals surface area contributed by atoms with Crippen molar-refractivity contribution in [2.75, 3.05) is 5.32 Å². The van der Waals surface area contributed by atoms with Crippen LogP contribution in [0.4, 0.5) is 5.82 Å². The van der Waals surface area contributed by atoms with Gasteiger partial charge >= 0.3 is 0 Å². The summed E-state index contributed by atoms with van der Waals surface area (Å²) in [5, 5.41) is 8.29. The van der Waals surface area contributed by atoms with Crippen LogP contribution in [0, 0.1) is 6.92 Å². The van der Waals surface area contributed by atoms with Crippen molar-refractivity contribution < 1.29 is 8.42 Å². The summed E-state index contributed by atoms with van der Waals surface area (Å²) in [6, 6.07) is 6.38. The Hall–Kier alpha value is -1.97. The summed E-state index contributed by atoms with van der Waals surface area (Å²) in [4.78, 5) is 8.79. The summed E-state index contributed by atoms with van der Waals surface area (Å²) in [5.41, 5.74) is 2.59. The molecule has 0 atom stereocenters. The molecule has 0 aliphatic heterocycles. The maximum absolute atomic E-state index is 11.2. The van der Waals surface area contributed by atoms with E-state index in [1.807, 2.05) is 11.3 Å². The van der Waals surface area contributed by atoms with Crippen LogP contribution in [-0.2, 0) is 16.6 Å². The summed E-state index contributed by atoms with van der Waals surface area (Å²) in [5.74, 6) is 0.650. The molecule has 0 saturated carbocycles. The van der Waals surface area contributed by atoms with Gasteiger partial charge in [0.1, 0.15) is 4.60 Å². The van der Waals surface area contributed by atoms with Crippen LogP contribution in [0.15, 0.2) is 46.2 Å². The standard InChI is InChI=1S/C14H14BrN5O2S/c1-9-6-17-13(14-19-8-12(15)20(9)14)18-7-10-2-4-11(5-3-10)23(16,21)22/h2-6,8H,7H2,1H3,(H,17,18)(H2,16,21,22). The van der Waals surface area contributed by atoms with E-state index in [4.69, 9.17) is 5.14 Å². The first kappa shape index (κ1) is 15.9. The molecule has 9 heteroatoms. The van der Waals surface area contributed by atoms with Crippen molar-refractivity contribution in [3.8, 4) is 0 Å². The van der Waals surface area contributed by atoms with Crippen LogP contribution in [0.3, 0.4) is 0 Å². The van der Waals surface area contributed by atoms with Gasteiger partial charge in [0.25, 0.3) is 0 Å². The molecule has 3 rings (SSSR count). The van der Waals surface area contributed by atoms with Gasteiger partial charge in [-0.25, -0.2) is 23.5 Å². The molecule has 7 nitrogen and oxygen atoms in total. The minimum absolute atomic E-state index is 0.0919. The number of hydrogen-bond acceptors (Lipinski definition) is 5. The Balaban J connectivity index is 1.83. The number of sulfonamides is 1. The first-order valence-electron chi connectivity index (χ1n) is 6.70. The molecule has 23 heavy (non-hydrogen) atoms. The first-order chi connectivity index (χ1) is 10.9. The fourth-order valence-corrected chi connectivity index (χ4v) is 3.28.